The average Bonchev–Trinajstić information content (AvgIpc) is 2.46. The third kappa shape index (κ3) is 4.67. The number of pyridine rings is 1. The fraction of sp³-hybridized carbons (Fsp3) is 0.333. The highest BCUT2D eigenvalue weighted by Gasteiger charge is 2.17. The number of nitrogens with one attached hydrogen (secondary N) is 1. The highest BCUT2D eigenvalue weighted by Crippen LogP contribution is 2.27. The number of nitrogens with two attached hydrogens (primary N) is 1. The molecule has 0 saturated heterocycles. The Hall–Kier alpha value is -2.20. The highest BCUT2D eigenvalue weighted by molar-refractivity contribution is 6.04. The normalized spacial score (nSPS) is 12.7. The van der Waals surface area contributed by atoms with Crippen molar-refractivity contribution >= 4 is 11.6 Å². The summed E-state index contributed by atoms with van der Waals surface area (Å²) in [6.07, 6.45) is 4.18. The number of aromatic nitrogens is 1. The summed E-state index contributed by atoms with van der Waals surface area (Å²) in [6.45, 7) is 6.51. The van der Waals surface area contributed by atoms with Crippen LogP contribution in [0.4, 0.5) is 5.69 Å². The summed E-state index contributed by atoms with van der Waals surface area (Å²) in [7, 11) is 0. The summed E-state index contributed by atoms with van der Waals surface area (Å²) in [5, 5.41) is 2.83. The van der Waals surface area contributed by atoms with E-state index < -0.39 is 0 Å². The lowest BCUT2D eigenvalue weighted by Crippen LogP contribution is -2.19. The number of hydrogen-bond donors (Lipinski definition) is 2. The summed E-state index contributed by atoms with van der Waals surface area (Å²) >= 11 is 0. The quantitative estimate of drug-likeness (QED) is 0.902. The van der Waals surface area contributed by atoms with Crippen LogP contribution in [0.25, 0.3) is 0 Å². The smallest absolute Gasteiger partial charge is 0.255 e. The molecule has 1 heterocycles. The first-order chi connectivity index (χ1) is 10.3. The fourth-order valence-electron chi connectivity index (χ4n) is 2.30. The molecule has 4 heteroatoms. The Labute approximate surface area is 131 Å². The van der Waals surface area contributed by atoms with E-state index in [1.54, 1.807) is 24.5 Å². The molecule has 116 valence electrons. The zero-order valence-electron chi connectivity index (χ0n) is 13.3. The summed E-state index contributed by atoms with van der Waals surface area (Å²) in [5.41, 5.74) is 8.80. The van der Waals surface area contributed by atoms with Gasteiger partial charge in [-0.3, -0.25) is 9.78 Å². The zero-order valence-corrected chi connectivity index (χ0v) is 13.3. The van der Waals surface area contributed by atoms with Gasteiger partial charge in [-0.05, 0) is 41.7 Å². The number of amides is 1. The summed E-state index contributed by atoms with van der Waals surface area (Å²) in [6, 6.07) is 11.0. The van der Waals surface area contributed by atoms with Gasteiger partial charge in [0.1, 0.15) is 0 Å². The number of carbonyl (C=O) groups is 1. The van der Waals surface area contributed by atoms with Crippen molar-refractivity contribution in [1.29, 1.82) is 0 Å². The van der Waals surface area contributed by atoms with Crippen molar-refractivity contribution in [3.63, 3.8) is 0 Å². The molecule has 1 amide bonds. The molecule has 2 aromatic rings. The van der Waals surface area contributed by atoms with Gasteiger partial charge in [0, 0.05) is 29.7 Å². The van der Waals surface area contributed by atoms with Crippen LogP contribution >= 0.6 is 0 Å². The maximum Gasteiger partial charge on any atom is 0.255 e. The van der Waals surface area contributed by atoms with Gasteiger partial charge in [0.25, 0.3) is 5.91 Å². The van der Waals surface area contributed by atoms with E-state index in [9.17, 15) is 4.79 Å². The van der Waals surface area contributed by atoms with Crippen LogP contribution < -0.4 is 11.1 Å². The molecule has 22 heavy (non-hydrogen) atoms. The number of nitrogens with zero attached hydrogens (tertiary/aromatic N) is 1. The molecule has 1 unspecified atom stereocenters. The minimum Gasteiger partial charge on any atom is -0.324 e. The van der Waals surface area contributed by atoms with Gasteiger partial charge >= 0.3 is 0 Å². The number of hydrogen-bond acceptors (Lipinski definition) is 3. The summed E-state index contributed by atoms with van der Waals surface area (Å²) < 4.78 is 0. The lowest BCUT2D eigenvalue weighted by molar-refractivity contribution is 0.102. The largest absolute Gasteiger partial charge is 0.324 e. The van der Waals surface area contributed by atoms with Crippen molar-refractivity contribution in [1.82, 2.24) is 4.98 Å². The molecule has 1 atom stereocenters. The van der Waals surface area contributed by atoms with E-state index in [-0.39, 0.29) is 17.4 Å². The van der Waals surface area contributed by atoms with Crippen LogP contribution in [-0.4, -0.2) is 10.9 Å². The predicted molar refractivity (Wildman–Crippen MR) is 89.6 cm³/mol. The molecule has 0 aliphatic rings. The Balaban J connectivity index is 2.04. The molecule has 1 aromatic heterocycles. The molecule has 0 radical (unpaired) electrons. The van der Waals surface area contributed by atoms with E-state index in [0.717, 1.165) is 17.7 Å². The van der Waals surface area contributed by atoms with E-state index in [1.807, 2.05) is 24.3 Å². The van der Waals surface area contributed by atoms with Crippen LogP contribution in [0.5, 0.6) is 0 Å². The molecule has 3 N–H and O–H groups in total. The van der Waals surface area contributed by atoms with Crippen molar-refractivity contribution < 1.29 is 4.79 Å². The standard InChI is InChI=1S/C18H23N3O/c1-18(2,3)12-16(19)13-4-6-14(7-5-13)17(22)21-15-8-10-20-11-9-15/h4-11,16H,12,19H2,1-3H3,(H,20,21,22). The lowest BCUT2D eigenvalue weighted by atomic mass is 9.86. The maximum absolute atomic E-state index is 12.2. The molecular formula is C18H23N3O. The van der Waals surface area contributed by atoms with E-state index in [2.05, 4.69) is 31.1 Å². The minimum atomic E-state index is -0.137. The Morgan fingerprint density at radius 1 is 1.14 bits per heavy atom. The number of carbonyl (C=O) groups excluding carboxylic acids is 1. The SMILES string of the molecule is CC(C)(C)CC(N)c1ccc(C(=O)Nc2ccncc2)cc1. The highest BCUT2D eigenvalue weighted by atomic mass is 16.1. The van der Waals surface area contributed by atoms with E-state index in [1.165, 1.54) is 0 Å². The molecule has 0 bridgehead atoms. The van der Waals surface area contributed by atoms with E-state index in [0.29, 0.717) is 5.56 Å². The Morgan fingerprint density at radius 2 is 1.73 bits per heavy atom. The van der Waals surface area contributed by atoms with Gasteiger partial charge in [-0.2, -0.15) is 0 Å². The van der Waals surface area contributed by atoms with Gasteiger partial charge in [-0.1, -0.05) is 32.9 Å². The molecule has 4 nitrogen and oxygen atoms in total. The zero-order chi connectivity index (χ0) is 16.2. The predicted octanol–water partition coefficient (Wildman–Crippen LogP) is 3.77. The fourth-order valence-corrected chi connectivity index (χ4v) is 2.30. The molecule has 2 rings (SSSR count). The lowest BCUT2D eigenvalue weighted by Gasteiger charge is -2.23. The van der Waals surface area contributed by atoms with Gasteiger partial charge in [-0.15, -0.1) is 0 Å². The first-order valence-corrected chi connectivity index (χ1v) is 7.42. The number of rotatable bonds is 4. The number of benzene rings is 1. The van der Waals surface area contributed by atoms with Crippen LogP contribution in [0, 0.1) is 5.41 Å². The average molecular weight is 297 g/mol. The van der Waals surface area contributed by atoms with E-state index >= 15 is 0 Å². The first kappa shape index (κ1) is 16.2. The molecular weight excluding hydrogens is 274 g/mol. The Morgan fingerprint density at radius 3 is 2.27 bits per heavy atom. The van der Waals surface area contributed by atoms with Gasteiger partial charge < -0.3 is 11.1 Å². The van der Waals surface area contributed by atoms with Crippen LogP contribution in [0.1, 0.15) is 49.2 Å². The monoisotopic (exact) mass is 297 g/mol. The van der Waals surface area contributed by atoms with Crippen molar-refractivity contribution in [3.05, 3.63) is 59.9 Å². The van der Waals surface area contributed by atoms with Crippen LogP contribution in [0.2, 0.25) is 0 Å². The first-order valence-electron chi connectivity index (χ1n) is 7.42. The molecule has 0 spiro atoms. The Bertz CT molecular complexity index is 615. The van der Waals surface area contributed by atoms with Crippen molar-refractivity contribution in [2.45, 2.75) is 33.2 Å². The van der Waals surface area contributed by atoms with Crippen LogP contribution in [-0.2, 0) is 0 Å². The molecule has 0 fully saturated rings. The minimum absolute atomic E-state index is 0.0164. The van der Waals surface area contributed by atoms with Gasteiger partial charge in [0.05, 0.1) is 0 Å². The maximum atomic E-state index is 12.2. The van der Waals surface area contributed by atoms with Gasteiger partial charge in [-0.25, -0.2) is 0 Å². The van der Waals surface area contributed by atoms with Crippen molar-refractivity contribution in [2.75, 3.05) is 5.32 Å². The topological polar surface area (TPSA) is 68.0 Å². The summed E-state index contributed by atoms with van der Waals surface area (Å²) in [5.74, 6) is -0.137. The van der Waals surface area contributed by atoms with Gasteiger partial charge in [0.15, 0.2) is 0 Å². The van der Waals surface area contributed by atoms with Crippen LogP contribution in [0.15, 0.2) is 48.8 Å². The second-order valence-electron chi connectivity index (χ2n) is 6.68. The Kier molecular flexibility index (Phi) is 4.93. The van der Waals surface area contributed by atoms with E-state index in [4.69, 9.17) is 5.73 Å². The van der Waals surface area contributed by atoms with Crippen molar-refractivity contribution in [3.8, 4) is 0 Å². The molecule has 1 aromatic carbocycles. The molecule has 0 aliphatic carbocycles. The second-order valence-corrected chi connectivity index (χ2v) is 6.68. The molecule has 0 saturated carbocycles. The third-order valence-electron chi connectivity index (χ3n) is 3.37. The van der Waals surface area contributed by atoms with Crippen LogP contribution in [0.3, 0.4) is 0 Å². The summed E-state index contributed by atoms with van der Waals surface area (Å²) in [4.78, 5) is 16.1. The second kappa shape index (κ2) is 6.71. The molecule has 0 aliphatic heterocycles. The van der Waals surface area contributed by atoms with Gasteiger partial charge in [0.2, 0.25) is 0 Å². The number of anilines is 1. The third-order valence-corrected chi connectivity index (χ3v) is 3.37. The van der Waals surface area contributed by atoms with Crippen molar-refractivity contribution in [2.24, 2.45) is 11.1 Å².